The number of fused-ring (bicyclic) bond motifs is 1. The summed E-state index contributed by atoms with van der Waals surface area (Å²) in [5.74, 6) is -0.157. The first-order chi connectivity index (χ1) is 12.5. The lowest BCUT2D eigenvalue weighted by Gasteiger charge is -2.56. The Labute approximate surface area is 157 Å². The summed E-state index contributed by atoms with van der Waals surface area (Å²) in [4.78, 5) is 7.10. The molecule has 0 fully saturated rings. The molecule has 5 nitrogen and oxygen atoms in total. The maximum atomic E-state index is 14.8. The fraction of sp³-hybridized carbons (Fsp3) is 0.353. The average molecular weight is 421 g/mol. The van der Waals surface area contributed by atoms with Crippen molar-refractivity contribution in [3.63, 3.8) is 0 Å². The molecule has 1 N–H and O–H groups in total. The molecule has 0 aliphatic rings. The van der Waals surface area contributed by atoms with Crippen molar-refractivity contribution in [2.45, 2.75) is 24.0 Å². The summed E-state index contributed by atoms with van der Waals surface area (Å²) in [5, 5.41) is 6.79. The van der Waals surface area contributed by atoms with Crippen LogP contribution in [0, 0.1) is 0 Å². The number of anilines is 1. The van der Waals surface area contributed by atoms with Gasteiger partial charge in [0.1, 0.15) is 12.1 Å². The molecule has 1 unspecified atom stereocenters. The molecule has 0 radical (unpaired) electrons. The molecule has 28 heavy (non-hydrogen) atoms. The van der Waals surface area contributed by atoms with Crippen molar-refractivity contribution in [3.05, 3.63) is 47.9 Å². The fourth-order valence-corrected chi connectivity index (χ4v) is 3.79. The lowest BCUT2D eigenvalue weighted by atomic mass is 10.1. The molecule has 2 heterocycles. The number of hydrogen-bond acceptors (Lipinski definition) is 4. The predicted molar refractivity (Wildman–Crippen MR) is 100 cm³/mol. The number of aromatic nitrogens is 4. The van der Waals surface area contributed by atoms with Crippen LogP contribution in [0.15, 0.2) is 41.6 Å². The van der Waals surface area contributed by atoms with E-state index in [1.54, 1.807) is 6.92 Å². The third-order valence-electron chi connectivity index (χ3n) is 4.17. The van der Waals surface area contributed by atoms with Gasteiger partial charge in [-0.15, -0.1) is 0 Å². The maximum absolute atomic E-state index is 14.8. The molecular weight excluding hydrogens is 401 g/mol. The summed E-state index contributed by atoms with van der Waals surface area (Å²) in [6.07, 6.45) is -0.687. The van der Waals surface area contributed by atoms with Gasteiger partial charge in [-0.3, -0.25) is 0 Å². The standard InChI is InChI=1S/C17H20F5N5S/c1-11(12-5-7-13(8-6-12)28(2,3,4,21)22)25-15-9-14(17(18,19)20)26-16-23-10-24-27(15)16/h5-11,25H,1-4H3. The smallest absolute Gasteiger partial charge is 0.363 e. The quantitative estimate of drug-likeness (QED) is 0.588. The van der Waals surface area contributed by atoms with E-state index in [1.807, 2.05) is 0 Å². The van der Waals surface area contributed by atoms with E-state index in [2.05, 4.69) is 20.4 Å². The highest BCUT2D eigenvalue weighted by molar-refractivity contribution is 8.56. The minimum Gasteiger partial charge on any atom is -0.363 e. The monoisotopic (exact) mass is 421 g/mol. The third kappa shape index (κ3) is 4.18. The van der Waals surface area contributed by atoms with Crippen molar-refractivity contribution in [1.29, 1.82) is 0 Å². The van der Waals surface area contributed by atoms with Gasteiger partial charge in [0, 0.05) is 35.8 Å². The van der Waals surface area contributed by atoms with E-state index in [0.29, 0.717) is 5.56 Å². The van der Waals surface area contributed by atoms with Crippen LogP contribution in [-0.2, 0) is 6.18 Å². The van der Waals surface area contributed by atoms with Gasteiger partial charge in [-0.05, 0) is 33.7 Å². The molecule has 0 bridgehead atoms. The summed E-state index contributed by atoms with van der Waals surface area (Å²) >= 11 is 0. The Morgan fingerprint density at radius 3 is 2.21 bits per heavy atom. The normalized spacial score (nSPS) is 16.5. The van der Waals surface area contributed by atoms with Crippen LogP contribution in [-0.4, -0.2) is 38.3 Å². The zero-order valence-corrected chi connectivity index (χ0v) is 16.4. The summed E-state index contributed by atoms with van der Waals surface area (Å²) in [7, 11) is -5.31. The second kappa shape index (κ2) is 5.56. The zero-order chi connectivity index (χ0) is 21.0. The van der Waals surface area contributed by atoms with Crippen molar-refractivity contribution in [2.24, 2.45) is 0 Å². The molecule has 3 rings (SSSR count). The van der Waals surface area contributed by atoms with Gasteiger partial charge in [0.15, 0.2) is 5.69 Å². The second-order valence-electron chi connectivity index (χ2n) is 7.91. The highest BCUT2D eigenvalue weighted by Crippen LogP contribution is 2.90. The van der Waals surface area contributed by atoms with Crippen molar-refractivity contribution in [1.82, 2.24) is 19.6 Å². The van der Waals surface area contributed by atoms with Gasteiger partial charge in [-0.2, -0.15) is 35.5 Å². The molecule has 1 aromatic carbocycles. The van der Waals surface area contributed by atoms with Crippen LogP contribution in [0.1, 0.15) is 24.2 Å². The first-order valence-corrected chi connectivity index (χ1v) is 11.7. The zero-order valence-electron chi connectivity index (χ0n) is 15.6. The predicted octanol–water partition coefficient (Wildman–Crippen LogP) is 5.21. The molecule has 0 saturated heterocycles. The molecule has 0 saturated carbocycles. The van der Waals surface area contributed by atoms with E-state index >= 15 is 0 Å². The fourth-order valence-electron chi connectivity index (χ4n) is 2.63. The SMILES string of the molecule is CC(Nc1cc(C(F)(F)F)nc2ncnn12)c1ccc(S(C)(C)(C)(F)F)cc1. The van der Waals surface area contributed by atoms with Crippen molar-refractivity contribution >= 4 is 20.7 Å². The van der Waals surface area contributed by atoms with Gasteiger partial charge in [-0.25, -0.2) is 4.98 Å². The molecule has 0 spiro atoms. The van der Waals surface area contributed by atoms with Crippen molar-refractivity contribution in [3.8, 4) is 0 Å². The van der Waals surface area contributed by atoms with Gasteiger partial charge in [0.25, 0.3) is 5.78 Å². The van der Waals surface area contributed by atoms with E-state index in [9.17, 15) is 20.9 Å². The van der Waals surface area contributed by atoms with Gasteiger partial charge in [0.2, 0.25) is 0 Å². The Morgan fingerprint density at radius 1 is 1.07 bits per heavy atom. The first kappa shape index (κ1) is 20.3. The Morgan fingerprint density at radius 2 is 1.68 bits per heavy atom. The number of hydrogen-bond donors (Lipinski definition) is 1. The molecule has 3 aromatic rings. The lowest BCUT2D eigenvalue weighted by molar-refractivity contribution is -0.141. The summed E-state index contributed by atoms with van der Waals surface area (Å²) < 4.78 is 69.9. The number of benzene rings is 1. The van der Waals surface area contributed by atoms with Gasteiger partial charge in [-0.1, -0.05) is 12.1 Å². The minimum atomic E-state index is -5.31. The number of rotatable bonds is 4. The minimum absolute atomic E-state index is 0.0408. The van der Waals surface area contributed by atoms with Crippen LogP contribution in [0.4, 0.5) is 26.8 Å². The average Bonchev–Trinajstić information content (AvgIpc) is 3.01. The van der Waals surface area contributed by atoms with Crippen molar-refractivity contribution in [2.75, 3.05) is 24.1 Å². The molecule has 1 atom stereocenters. The highest BCUT2D eigenvalue weighted by Gasteiger charge is 2.48. The lowest BCUT2D eigenvalue weighted by Crippen LogP contribution is -2.20. The Balaban J connectivity index is 1.94. The maximum Gasteiger partial charge on any atom is 0.433 e. The third-order valence-corrected chi connectivity index (χ3v) is 6.21. The molecule has 0 aliphatic heterocycles. The van der Waals surface area contributed by atoms with E-state index in [4.69, 9.17) is 0 Å². The van der Waals surface area contributed by atoms with Crippen molar-refractivity contribution < 1.29 is 20.9 Å². The summed E-state index contributed by atoms with van der Waals surface area (Å²) in [5.41, 5.74) is -0.473. The van der Waals surface area contributed by atoms with Crippen LogP contribution in [0.5, 0.6) is 0 Å². The van der Waals surface area contributed by atoms with E-state index < -0.39 is 27.0 Å². The Kier molecular flexibility index (Phi) is 4.03. The van der Waals surface area contributed by atoms with E-state index in [1.165, 1.54) is 24.3 Å². The van der Waals surface area contributed by atoms with Gasteiger partial charge < -0.3 is 5.32 Å². The molecule has 154 valence electrons. The van der Waals surface area contributed by atoms with Crippen LogP contribution in [0.2, 0.25) is 0 Å². The summed E-state index contributed by atoms with van der Waals surface area (Å²) in [6.45, 7) is 1.70. The van der Waals surface area contributed by atoms with Gasteiger partial charge in [0.05, 0.1) is 0 Å². The highest BCUT2D eigenvalue weighted by atomic mass is 32.4. The molecular formula is C17H20F5N5S. The molecule has 2 aromatic heterocycles. The molecule has 0 aliphatic carbocycles. The van der Waals surface area contributed by atoms with Crippen LogP contribution >= 0.6 is 9.07 Å². The number of alkyl halides is 3. The van der Waals surface area contributed by atoms with Crippen LogP contribution in [0.25, 0.3) is 5.78 Å². The first-order valence-electron chi connectivity index (χ1n) is 8.19. The van der Waals surface area contributed by atoms with Gasteiger partial charge >= 0.3 is 6.18 Å². The largest absolute Gasteiger partial charge is 0.433 e. The second-order valence-corrected chi connectivity index (χ2v) is 14.3. The van der Waals surface area contributed by atoms with Crippen LogP contribution < -0.4 is 5.32 Å². The van der Waals surface area contributed by atoms with E-state index in [0.717, 1.165) is 35.7 Å². The number of halogens is 5. The number of nitrogens with zero attached hydrogens (tertiary/aromatic N) is 4. The Bertz CT molecular complexity index is 1020. The Hall–Kier alpha value is -2.43. The number of nitrogens with one attached hydrogen (secondary N) is 1. The van der Waals surface area contributed by atoms with Crippen LogP contribution in [0.3, 0.4) is 0 Å². The van der Waals surface area contributed by atoms with E-state index in [-0.39, 0.29) is 16.5 Å². The topological polar surface area (TPSA) is 55.1 Å². The molecule has 0 amide bonds. The summed E-state index contributed by atoms with van der Waals surface area (Å²) in [6, 6.07) is 6.14. The molecule has 11 heteroatoms.